The summed E-state index contributed by atoms with van der Waals surface area (Å²) in [6.45, 7) is 3.91. The molecular formula is C12H13NO2. The van der Waals surface area contributed by atoms with E-state index < -0.39 is 0 Å². The van der Waals surface area contributed by atoms with Gasteiger partial charge in [-0.05, 0) is 37.1 Å². The van der Waals surface area contributed by atoms with Gasteiger partial charge in [0.2, 0.25) is 0 Å². The summed E-state index contributed by atoms with van der Waals surface area (Å²) in [5.74, 6) is -0.277. The number of hydrogen-bond donors (Lipinski definition) is 0. The first-order chi connectivity index (χ1) is 7.13. The van der Waals surface area contributed by atoms with Crippen LogP contribution in [0.2, 0.25) is 0 Å². The van der Waals surface area contributed by atoms with Gasteiger partial charge in [-0.1, -0.05) is 0 Å². The molecule has 0 aromatic carbocycles. The van der Waals surface area contributed by atoms with Gasteiger partial charge < -0.3 is 9.14 Å². The van der Waals surface area contributed by atoms with E-state index in [9.17, 15) is 4.79 Å². The van der Waals surface area contributed by atoms with Crippen molar-refractivity contribution in [1.82, 2.24) is 4.40 Å². The lowest BCUT2D eigenvalue weighted by atomic mass is 10.1. The minimum Gasteiger partial charge on any atom is -0.465 e. The fraction of sp³-hybridized carbons (Fsp3) is 0.250. The molecule has 0 radical (unpaired) electrons. The number of ether oxygens (including phenoxy) is 1. The van der Waals surface area contributed by atoms with E-state index in [0.717, 1.165) is 16.6 Å². The van der Waals surface area contributed by atoms with Gasteiger partial charge in [0.05, 0.1) is 18.2 Å². The number of nitrogens with zero attached hydrogens (tertiary/aromatic N) is 1. The number of pyridine rings is 1. The second-order valence-electron chi connectivity index (χ2n) is 3.68. The number of methoxy groups -OCH3 is 1. The van der Waals surface area contributed by atoms with Gasteiger partial charge in [-0.15, -0.1) is 0 Å². The molecule has 78 valence electrons. The topological polar surface area (TPSA) is 30.7 Å². The Morgan fingerprint density at radius 1 is 1.40 bits per heavy atom. The number of fused-ring (bicyclic) bond motifs is 1. The summed E-state index contributed by atoms with van der Waals surface area (Å²) in [5.41, 5.74) is 3.62. The van der Waals surface area contributed by atoms with E-state index in [1.165, 1.54) is 7.11 Å². The van der Waals surface area contributed by atoms with Crippen LogP contribution in [0.1, 0.15) is 21.5 Å². The number of carbonyl (C=O) groups is 1. The number of esters is 1. The van der Waals surface area contributed by atoms with Gasteiger partial charge in [-0.2, -0.15) is 0 Å². The van der Waals surface area contributed by atoms with Crippen molar-refractivity contribution < 1.29 is 9.53 Å². The molecule has 0 amide bonds. The highest BCUT2D eigenvalue weighted by molar-refractivity contribution is 5.99. The Hall–Kier alpha value is -1.77. The Labute approximate surface area is 88.3 Å². The largest absolute Gasteiger partial charge is 0.465 e. The Morgan fingerprint density at radius 3 is 2.80 bits per heavy atom. The molecule has 0 N–H and O–H groups in total. The van der Waals surface area contributed by atoms with Crippen LogP contribution in [0.15, 0.2) is 24.5 Å². The molecule has 15 heavy (non-hydrogen) atoms. The zero-order valence-corrected chi connectivity index (χ0v) is 9.07. The minimum atomic E-state index is -0.277. The lowest BCUT2D eigenvalue weighted by Crippen LogP contribution is -2.02. The number of rotatable bonds is 1. The van der Waals surface area contributed by atoms with Crippen molar-refractivity contribution in [2.75, 3.05) is 7.11 Å². The van der Waals surface area contributed by atoms with E-state index in [0.29, 0.717) is 5.56 Å². The van der Waals surface area contributed by atoms with Crippen LogP contribution < -0.4 is 0 Å². The lowest BCUT2D eigenvalue weighted by Gasteiger charge is -2.00. The predicted octanol–water partition coefficient (Wildman–Crippen LogP) is 2.34. The molecule has 2 heterocycles. The SMILES string of the molecule is COC(=O)c1c(C)cn2ccc(C)cc12. The van der Waals surface area contributed by atoms with Gasteiger partial charge in [0.25, 0.3) is 0 Å². The molecule has 2 rings (SSSR count). The van der Waals surface area contributed by atoms with E-state index >= 15 is 0 Å². The van der Waals surface area contributed by atoms with E-state index in [4.69, 9.17) is 4.74 Å². The van der Waals surface area contributed by atoms with Crippen LogP contribution in [0.3, 0.4) is 0 Å². The van der Waals surface area contributed by atoms with Gasteiger partial charge in [-0.3, -0.25) is 0 Å². The number of aryl methyl sites for hydroxylation is 2. The van der Waals surface area contributed by atoms with Gasteiger partial charge in [0.1, 0.15) is 0 Å². The molecule has 3 heteroatoms. The third-order valence-electron chi connectivity index (χ3n) is 2.51. The van der Waals surface area contributed by atoms with Crippen molar-refractivity contribution in [2.24, 2.45) is 0 Å². The number of hydrogen-bond acceptors (Lipinski definition) is 2. The van der Waals surface area contributed by atoms with Crippen molar-refractivity contribution >= 4 is 11.5 Å². The maximum Gasteiger partial charge on any atom is 0.340 e. The molecule has 0 atom stereocenters. The third kappa shape index (κ3) is 1.50. The van der Waals surface area contributed by atoms with Crippen molar-refractivity contribution in [3.63, 3.8) is 0 Å². The molecule has 0 bridgehead atoms. The van der Waals surface area contributed by atoms with E-state index in [2.05, 4.69) is 0 Å². The monoisotopic (exact) mass is 203 g/mol. The summed E-state index contributed by atoms with van der Waals surface area (Å²) in [4.78, 5) is 11.6. The van der Waals surface area contributed by atoms with Crippen LogP contribution in [0.4, 0.5) is 0 Å². The Morgan fingerprint density at radius 2 is 2.13 bits per heavy atom. The summed E-state index contributed by atoms with van der Waals surface area (Å²) in [5, 5.41) is 0. The average molecular weight is 203 g/mol. The van der Waals surface area contributed by atoms with Crippen LogP contribution in [-0.2, 0) is 4.74 Å². The molecular weight excluding hydrogens is 190 g/mol. The maximum absolute atomic E-state index is 11.6. The molecule has 0 saturated carbocycles. The number of carbonyl (C=O) groups excluding carboxylic acids is 1. The fourth-order valence-electron chi connectivity index (χ4n) is 1.77. The molecule has 3 nitrogen and oxygen atoms in total. The zero-order valence-electron chi connectivity index (χ0n) is 9.07. The van der Waals surface area contributed by atoms with Crippen molar-refractivity contribution in [2.45, 2.75) is 13.8 Å². The highest BCUT2D eigenvalue weighted by Crippen LogP contribution is 2.19. The first-order valence-electron chi connectivity index (χ1n) is 4.79. The predicted molar refractivity (Wildman–Crippen MR) is 58.2 cm³/mol. The molecule has 0 aliphatic rings. The summed E-state index contributed by atoms with van der Waals surface area (Å²) >= 11 is 0. The molecule has 2 aromatic heterocycles. The fourth-order valence-corrected chi connectivity index (χ4v) is 1.77. The smallest absolute Gasteiger partial charge is 0.340 e. The lowest BCUT2D eigenvalue weighted by molar-refractivity contribution is 0.0602. The molecule has 0 fully saturated rings. The highest BCUT2D eigenvalue weighted by Gasteiger charge is 2.15. The average Bonchev–Trinajstić information content (AvgIpc) is 2.52. The summed E-state index contributed by atoms with van der Waals surface area (Å²) in [7, 11) is 1.40. The van der Waals surface area contributed by atoms with E-state index in [1.807, 2.05) is 42.8 Å². The standard InChI is InChI=1S/C12H13NO2/c1-8-4-5-13-7-9(2)11(10(13)6-8)12(14)15-3/h4-7H,1-3H3. The van der Waals surface area contributed by atoms with Crippen molar-refractivity contribution in [3.05, 3.63) is 41.2 Å². The molecule has 2 aromatic rings. The van der Waals surface area contributed by atoms with Crippen molar-refractivity contribution in [3.8, 4) is 0 Å². The third-order valence-corrected chi connectivity index (χ3v) is 2.51. The van der Waals surface area contributed by atoms with Crippen LogP contribution >= 0.6 is 0 Å². The first kappa shape index (κ1) is 9.77. The zero-order chi connectivity index (χ0) is 11.0. The Bertz CT molecular complexity index is 526. The van der Waals surface area contributed by atoms with Crippen LogP contribution in [0.5, 0.6) is 0 Å². The minimum absolute atomic E-state index is 0.277. The number of aromatic nitrogens is 1. The maximum atomic E-state index is 11.6. The normalized spacial score (nSPS) is 10.6. The second kappa shape index (κ2) is 3.42. The van der Waals surface area contributed by atoms with Crippen molar-refractivity contribution in [1.29, 1.82) is 0 Å². The summed E-state index contributed by atoms with van der Waals surface area (Å²) in [6, 6.07) is 3.99. The second-order valence-corrected chi connectivity index (χ2v) is 3.68. The molecule has 0 aliphatic carbocycles. The van der Waals surface area contributed by atoms with Gasteiger partial charge in [0, 0.05) is 12.4 Å². The summed E-state index contributed by atoms with van der Waals surface area (Å²) < 4.78 is 6.71. The Balaban J connectivity index is 2.76. The van der Waals surface area contributed by atoms with Gasteiger partial charge in [-0.25, -0.2) is 4.79 Å². The van der Waals surface area contributed by atoms with E-state index in [1.54, 1.807) is 0 Å². The van der Waals surface area contributed by atoms with Gasteiger partial charge >= 0.3 is 5.97 Å². The highest BCUT2D eigenvalue weighted by atomic mass is 16.5. The molecule has 0 saturated heterocycles. The molecule has 0 spiro atoms. The van der Waals surface area contributed by atoms with Crippen LogP contribution in [-0.4, -0.2) is 17.5 Å². The van der Waals surface area contributed by atoms with Gasteiger partial charge in [0.15, 0.2) is 0 Å². The Kier molecular flexibility index (Phi) is 2.23. The molecule has 0 aliphatic heterocycles. The molecule has 0 unspecified atom stereocenters. The first-order valence-corrected chi connectivity index (χ1v) is 4.79. The quantitative estimate of drug-likeness (QED) is 0.666. The summed E-state index contributed by atoms with van der Waals surface area (Å²) in [6.07, 6.45) is 3.88. The van der Waals surface area contributed by atoms with E-state index in [-0.39, 0.29) is 5.97 Å². The van der Waals surface area contributed by atoms with Crippen LogP contribution in [0, 0.1) is 13.8 Å². The van der Waals surface area contributed by atoms with Crippen LogP contribution in [0.25, 0.3) is 5.52 Å².